The molecule has 8 aromatic carbocycles. The van der Waals surface area contributed by atoms with Crippen molar-refractivity contribution in [3.8, 4) is 33.4 Å². The van der Waals surface area contributed by atoms with Crippen LogP contribution in [-0.4, -0.2) is 0 Å². The van der Waals surface area contributed by atoms with Gasteiger partial charge in [-0.2, -0.15) is 0 Å². The average Bonchev–Trinajstić information content (AvgIpc) is 3.55. The van der Waals surface area contributed by atoms with Crippen LogP contribution in [0.15, 0.2) is 158 Å². The molecule has 0 nitrogen and oxygen atoms in total. The largest absolute Gasteiger partial charge is 0.135 e. The molecule has 0 bridgehead atoms. The molecule has 0 amide bonds. The minimum atomic E-state index is -0.410. The predicted octanol–water partition coefficient (Wildman–Crippen LogP) is 12.5. The van der Waals surface area contributed by atoms with Crippen LogP contribution in [-0.2, 0) is 0 Å². The fourth-order valence-corrected chi connectivity index (χ4v) is 7.51. The van der Waals surface area contributed by atoms with Gasteiger partial charge in [-0.1, -0.05) is 133 Å². The Hall–Kier alpha value is -5.24. The molecule has 43 heavy (non-hydrogen) atoms. The van der Waals surface area contributed by atoms with Gasteiger partial charge >= 0.3 is 0 Å². The number of hydrogen-bond donors (Lipinski definition) is 0. The lowest BCUT2D eigenvalue weighted by Crippen LogP contribution is -1.91. The zero-order valence-electron chi connectivity index (χ0n) is 30.8. The van der Waals surface area contributed by atoms with Gasteiger partial charge in [-0.25, -0.2) is 0 Å². The van der Waals surface area contributed by atoms with E-state index in [0.29, 0.717) is 22.3 Å². The fraction of sp³-hybridized carbons (Fsp3) is 0. The van der Waals surface area contributed by atoms with E-state index in [-0.39, 0.29) is 45.7 Å². The standard InChI is InChI=1S/C42H26S/c1-2-11-27(12-3-1)28-21-22-30-26-31(24-23-29(30)25-28)40-32-13-4-6-15-34(32)41(35-16-7-5-14-33(35)40)37-18-10-20-39-42(37)36-17-8-9-19-38(36)43-39/h1-26H/i4D,5D,6D,7D,13D,14D,15D,16D. The molecule has 0 unspecified atom stereocenters. The van der Waals surface area contributed by atoms with Crippen LogP contribution in [0.3, 0.4) is 0 Å². The number of benzene rings is 8. The molecule has 0 N–H and O–H groups in total. The third-order valence-electron chi connectivity index (χ3n) is 8.28. The van der Waals surface area contributed by atoms with E-state index in [1.54, 1.807) is 11.3 Å². The summed E-state index contributed by atoms with van der Waals surface area (Å²) in [5, 5.41) is 4.54. The first-order valence-corrected chi connectivity index (χ1v) is 14.9. The maximum atomic E-state index is 9.36. The molecular weight excluding hydrogens is 537 g/mol. The molecular formula is C42H26S. The van der Waals surface area contributed by atoms with Crippen molar-refractivity contribution in [2.75, 3.05) is 0 Å². The minimum Gasteiger partial charge on any atom is -0.135 e. The number of hydrogen-bond acceptors (Lipinski definition) is 1. The van der Waals surface area contributed by atoms with Crippen LogP contribution < -0.4 is 0 Å². The lowest BCUT2D eigenvalue weighted by Gasteiger charge is -2.18. The van der Waals surface area contributed by atoms with E-state index in [4.69, 9.17) is 5.48 Å². The normalized spacial score (nSPS) is 14.3. The number of thiophene rings is 1. The van der Waals surface area contributed by atoms with E-state index in [1.165, 1.54) is 0 Å². The molecule has 0 atom stereocenters. The molecule has 1 heteroatoms. The smallest absolute Gasteiger partial charge is 0.0629 e. The van der Waals surface area contributed by atoms with Gasteiger partial charge in [-0.15, -0.1) is 11.3 Å². The molecule has 0 aliphatic heterocycles. The molecule has 9 rings (SSSR count). The van der Waals surface area contributed by atoms with Crippen molar-refractivity contribution in [3.05, 3.63) is 158 Å². The summed E-state index contributed by atoms with van der Waals surface area (Å²) in [6.45, 7) is 0. The highest BCUT2D eigenvalue weighted by Crippen LogP contribution is 2.48. The van der Waals surface area contributed by atoms with Crippen molar-refractivity contribution in [3.63, 3.8) is 0 Å². The van der Waals surface area contributed by atoms with Crippen LogP contribution in [0, 0.1) is 0 Å². The Morgan fingerprint density at radius 3 is 1.72 bits per heavy atom. The molecule has 1 aromatic heterocycles. The second-order valence-corrected chi connectivity index (χ2v) is 11.8. The molecule has 0 fully saturated rings. The summed E-state index contributed by atoms with van der Waals surface area (Å²) >= 11 is 1.61. The van der Waals surface area contributed by atoms with Gasteiger partial charge in [0.1, 0.15) is 0 Å². The first-order valence-electron chi connectivity index (χ1n) is 18.1. The van der Waals surface area contributed by atoms with E-state index in [2.05, 4.69) is 18.2 Å². The van der Waals surface area contributed by atoms with Gasteiger partial charge in [0, 0.05) is 20.2 Å². The van der Waals surface area contributed by atoms with Gasteiger partial charge < -0.3 is 0 Å². The van der Waals surface area contributed by atoms with E-state index >= 15 is 0 Å². The second kappa shape index (κ2) is 9.66. The van der Waals surface area contributed by atoms with Crippen LogP contribution in [0.4, 0.5) is 0 Å². The van der Waals surface area contributed by atoms with E-state index in [1.807, 2.05) is 91.0 Å². The summed E-state index contributed by atoms with van der Waals surface area (Å²) in [7, 11) is 0. The maximum Gasteiger partial charge on any atom is 0.0629 e. The van der Waals surface area contributed by atoms with Crippen molar-refractivity contribution in [2.45, 2.75) is 0 Å². The van der Waals surface area contributed by atoms with Crippen molar-refractivity contribution in [1.82, 2.24) is 0 Å². The van der Waals surface area contributed by atoms with Crippen LogP contribution in [0.25, 0.3) is 85.9 Å². The molecule has 0 radical (unpaired) electrons. The lowest BCUT2D eigenvalue weighted by molar-refractivity contribution is 1.64. The summed E-state index contributed by atoms with van der Waals surface area (Å²) in [5.41, 5.74) is 4.08. The van der Waals surface area contributed by atoms with Crippen molar-refractivity contribution in [2.24, 2.45) is 0 Å². The summed E-state index contributed by atoms with van der Waals surface area (Å²) in [6.07, 6.45) is 0. The zero-order valence-corrected chi connectivity index (χ0v) is 23.6. The minimum absolute atomic E-state index is 0.213. The highest BCUT2D eigenvalue weighted by Gasteiger charge is 2.19. The highest BCUT2D eigenvalue weighted by atomic mass is 32.1. The van der Waals surface area contributed by atoms with Crippen molar-refractivity contribution >= 4 is 63.8 Å². The Morgan fingerprint density at radius 1 is 0.419 bits per heavy atom. The fourth-order valence-electron chi connectivity index (χ4n) is 6.38. The van der Waals surface area contributed by atoms with Gasteiger partial charge in [0.2, 0.25) is 0 Å². The third kappa shape index (κ3) is 3.82. The molecule has 0 aliphatic carbocycles. The monoisotopic (exact) mass is 570 g/mol. The zero-order chi connectivity index (χ0) is 35.3. The molecule has 0 saturated heterocycles. The molecule has 0 aliphatic rings. The highest BCUT2D eigenvalue weighted by molar-refractivity contribution is 7.25. The number of rotatable bonds is 3. The molecule has 0 saturated carbocycles. The number of fused-ring (bicyclic) bond motifs is 6. The van der Waals surface area contributed by atoms with Crippen LogP contribution in [0.5, 0.6) is 0 Å². The Morgan fingerprint density at radius 2 is 1.00 bits per heavy atom. The second-order valence-electron chi connectivity index (χ2n) is 10.7. The maximum absolute atomic E-state index is 9.36. The SMILES string of the molecule is [2H]c1c([2H])c([2H])c2c(-c3cccc4sc5ccccc5c34)c3c([2H])c([2H])c([2H])c([2H])c3c(-c3ccc4cc(-c5ccccc5)ccc4c3)c2c1[2H]. The van der Waals surface area contributed by atoms with E-state index in [9.17, 15) is 5.48 Å². The first kappa shape index (κ1) is 17.7. The molecule has 200 valence electrons. The Bertz CT molecular complexity index is 2870. The third-order valence-corrected chi connectivity index (χ3v) is 9.42. The summed E-state index contributed by atoms with van der Waals surface area (Å²) in [4.78, 5) is 0. The Labute approximate surface area is 265 Å². The summed E-state index contributed by atoms with van der Waals surface area (Å²) < 4.78 is 74.6. The van der Waals surface area contributed by atoms with Crippen molar-refractivity contribution < 1.29 is 11.0 Å². The average molecular weight is 571 g/mol. The summed E-state index contributed by atoms with van der Waals surface area (Å²) in [6, 6.07) is 33.0. The van der Waals surface area contributed by atoms with Crippen LogP contribution >= 0.6 is 11.3 Å². The van der Waals surface area contributed by atoms with Gasteiger partial charge in [-0.3, -0.25) is 0 Å². The van der Waals surface area contributed by atoms with Crippen molar-refractivity contribution in [1.29, 1.82) is 0 Å². The molecule has 9 aromatic rings. The quantitative estimate of drug-likeness (QED) is 0.185. The first-order chi connectivity index (χ1) is 24.7. The van der Waals surface area contributed by atoms with Crippen LogP contribution in [0.1, 0.15) is 11.0 Å². The van der Waals surface area contributed by atoms with E-state index < -0.39 is 24.2 Å². The van der Waals surface area contributed by atoms with Gasteiger partial charge in [0.25, 0.3) is 0 Å². The Balaban J connectivity index is 1.49. The molecule has 1 heterocycles. The predicted molar refractivity (Wildman–Crippen MR) is 188 cm³/mol. The lowest BCUT2D eigenvalue weighted by atomic mass is 9.84. The topological polar surface area (TPSA) is 0 Å². The van der Waals surface area contributed by atoms with Gasteiger partial charge in [0.15, 0.2) is 0 Å². The summed E-state index contributed by atoms with van der Waals surface area (Å²) in [5.74, 6) is 0. The molecule has 0 spiro atoms. The van der Waals surface area contributed by atoms with Gasteiger partial charge in [0.05, 0.1) is 11.0 Å². The van der Waals surface area contributed by atoms with Crippen LogP contribution in [0.2, 0.25) is 0 Å². The van der Waals surface area contributed by atoms with Gasteiger partial charge in [-0.05, 0) is 90.0 Å². The van der Waals surface area contributed by atoms with E-state index in [0.717, 1.165) is 42.1 Å². The Kier molecular flexibility index (Phi) is 3.97.